The standard InChI is InChI=1S/C23H28FNO3.C19H21FO2.CO2/c1-14(2)25-21(26)19-12-16(13-28-22(27)23(4,5)6)8-9-17(19)18-11-15(3)7-10-20(18)24;1-13-5-10-17(20)16(11-13)15-8-6-14(7-9-15)12-22-18(21)19(2,3)4;2-1-3/h7-12,14H,13H2,1-6H3,(H,25,26);5-11H,12H2,1-4H3;. The maximum atomic E-state index is 14.4. The third-order valence-electron chi connectivity index (χ3n) is 7.51. The van der Waals surface area contributed by atoms with Crippen molar-refractivity contribution in [2.45, 2.75) is 88.5 Å². The highest BCUT2D eigenvalue weighted by Crippen LogP contribution is 2.29. The number of hydrogen-bond donors (Lipinski definition) is 1. The topological polar surface area (TPSA) is 116 Å². The van der Waals surface area contributed by atoms with Crippen LogP contribution in [0.3, 0.4) is 0 Å². The van der Waals surface area contributed by atoms with E-state index < -0.39 is 16.6 Å². The summed E-state index contributed by atoms with van der Waals surface area (Å²) in [5, 5.41) is 2.85. The molecule has 4 rings (SSSR count). The SMILES string of the molecule is Cc1ccc(F)c(-c2ccc(COC(=O)C(C)(C)C)cc2)c1.Cc1ccc(F)c(-c2ccc(COC(=O)C(C)(C)C)cc2C(=O)NC(C)C)c1.O=C=O. The molecule has 0 aliphatic carbocycles. The van der Waals surface area contributed by atoms with Crippen molar-refractivity contribution in [3.63, 3.8) is 0 Å². The number of halogens is 2. The molecule has 1 amide bonds. The van der Waals surface area contributed by atoms with E-state index in [4.69, 9.17) is 19.1 Å². The van der Waals surface area contributed by atoms with Gasteiger partial charge in [0.15, 0.2) is 0 Å². The fourth-order valence-corrected chi connectivity index (χ4v) is 4.66. The number of amides is 1. The molecule has 53 heavy (non-hydrogen) atoms. The lowest BCUT2D eigenvalue weighted by atomic mass is 9.95. The molecule has 0 aliphatic heterocycles. The van der Waals surface area contributed by atoms with Crippen LogP contribution in [-0.4, -0.2) is 30.0 Å². The first kappa shape index (κ1) is 43.7. The summed E-state index contributed by atoms with van der Waals surface area (Å²) in [6.45, 7) is 18.6. The average Bonchev–Trinajstić information content (AvgIpc) is 3.08. The lowest BCUT2D eigenvalue weighted by Crippen LogP contribution is -2.30. The van der Waals surface area contributed by atoms with E-state index in [1.54, 1.807) is 57.2 Å². The fraction of sp³-hybridized carbons (Fsp3) is 0.349. The maximum Gasteiger partial charge on any atom is 0.373 e. The zero-order valence-electron chi connectivity index (χ0n) is 32.1. The normalized spacial score (nSPS) is 10.9. The van der Waals surface area contributed by atoms with Gasteiger partial charge in [0.25, 0.3) is 5.91 Å². The van der Waals surface area contributed by atoms with Gasteiger partial charge in [0.2, 0.25) is 0 Å². The van der Waals surface area contributed by atoms with Crippen LogP contribution in [0.1, 0.15) is 88.0 Å². The van der Waals surface area contributed by atoms with E-state index in [9.17, 15) is 23.2 Å². The van der Waals surface area contributed by atoms with E-state index in [0.29, 0.717) is 27.8 Å². The number of aryl methyl sites for hydroxylation is 2. The monoisotopic (exact) mass is 729 g/mol. The van der Waals surface area contributed by atoms with E-state index in [1.165, 1.54) is 12.1 Å². The van der Waals surface area contributed by atoms with Gasteiger partial charge < -0.3 is 14.8 Å². The quantitative estimate of drug-likeness (QED) is 0.180. The van der Waals surface area contributed by atoms with Crippen molar-refractivity contribution in [2.75, 3.05) is 0 Å². The molecule has 4 aromatic carbocycles. The summed E-state index contributed by atoms with van der Waals surface area (Å²) < 4.78 is 38.9. The van der Waals surface area contributed by atoms with E-state index in [0.717, 1.165) is 22.3 Å². The first-order valence-electron chi connectivity index (χ1n) is 17.1. The Morgan fingerprint density at radius 1 is 0.642 bits per heavy atom. The molecule has 282 valence electrons. The molecule has 0 unspecified atom stereocenters. The van der Waals surface area contributed by atoms with Gasteiger partial charge in [0, 0.05) is 22.7 Å². The molecular formula is C43H49F2NO7. The molecule has 0 saturated carbocycles. The lowest BCUT2D eigenvalue weighted by molar-refractivity contribution is -0.191. The van der Waals surface area contributed by atoms with Crippen LogP contribution >= 0.6 is 0 Å². The number of benzene rings is 4. The summed E-state index contributed by atoms with van der Waals surface area (Å²) >= 11 is 0. The van der Waals surface area contributed by atoms with Gasteiger partial charge in [-0.25, -0.2) is 8.78 Å². The van der Waals surface area contributed by atoms with E-state index in [-0.39, 0.29) is 49.1 Å². The number of rotatable bonds is 8. The van der Waals surface area contributed by atoms with Crippen molar-refractivity contribution >= 4 is 24.0 Å². The summed E-state index contributed by atoms with van der Waals surface area (Å²) in [4.78, 5) is 52.8. The molecule has 0 heterocycles. The molecule has 4 aromatic rings. The fourth-order valence-electron chi connectivity index (χ4n) is 4.66. The van der Waals surface area contributed by atoms with Crippen molar-refractivity contribution in [3.8, 4) is 22.3 Å². The first-order valence-corrected chi connectivity index (χ1v) is 17.1. The van der Waals surface area contributed by atoms with Crippen LogP contribution in [0.15, 0.2) is 78.9 Å². The third-order valence-corrected chi connectivity index (χ3v) is 7.51. The van der Waals surface area contributed by atoms with Gasteiger partial charge in [-0.3, -0.25) is 14.4 Å². The summed E-state index contributed by atoms with van der Waals surface area (Å²) in [6.07, 6.45) is 0.250. The molecule has 0 spiro atoms. The first-order chi connectivity index (χ1) is 24.7. The molecule has 0 fully saturated rings. The zero-order chi connectivity index (χ0) is 40.1. The lowest BCUT2D eigenvalue weighted by Gasteiger charge is -2.18. The highest BCUT2D eigenvalue weighted by Gasteiger charge is 2.24. The zero-order valence-corrected chi connectivity index (χ0v) is 32.1. The van der Waals surface area contributed by atoms with Crippen molar-refractivity contribution in [3.05, 3.63) is 118 Å². The number of nitrogens with one attached hydrogen (secondary N) is 1. The van der Waals surface area contributed by atoms with Gasteiger partial charge in [-0.05, 0) is 122 Å². The van der Waals surface area contributed by atoms with Gasteiger partial charge in [-0.15, -0.1) is 0 Å². The van der Waals surface area contributed by atoms with Crippen molar-refractivity contribution in [1.29, 1.82) is 0 Å². The van der Waals surface area contributed by atoms with E-state index in [2.05, 4.69) is 5.32 Å². The average molecular weight is 730 g/mol. The summed E-state index contributed by atoms with van der Waals surface area (Å²) in [5.41, 5.74) is 4.96. The van der Waals surface area contributed by atoms with Crippen LogP contribution in [0.2, 0.25) is 0 Å². The molecule has 0 saturated heterocycles. The minimum Gasteiger partial charge on any atom is -0.460 e. The Morgan fingerprint density at radius 2 is 1.08 bits per heavy atom. The third kappa shape index (κ3) is 13.9. The van der Waals surface area contributed by atoms with E-state index in [1.807, 2.05) is 78.8 Å². The Kier molecular flexibility index (Phi) is 16.0. The van der Waals surface area contributed by atoms with Crippen LogP contribution < -0.4 is 5.32 Å². The predicted octanol–water partition coefficient (Wildman–Crippen LogP) is 9.34. The van der Waals surface area contributed by atoms with Crippen molar-refractivity contribution < 1.29 is 42.2 Å². The predicted molar refractivity (Wildman–Crippen MR) is 199 cm³/mol. The second kappa shape index (κ2) is 19.4. The van der Waals surface area contributed by atoms with Gasteiger partial charge in [-0.2, -0.15) is 9.59 Å². The second-order valence-electron chi connectivity index (χ2n) is 14.9. The second-order valence-corrected chi connectivity index (χ2v) is 14.9. The van der Waals surface area contributed by atoms with Crippen LogP contribution in [0.5, 0.6) is 0 Å². The Labute approximate surface area is 310 Å². The highest BCUT2D eigenvalue weighted by molar-refractivity contribution is 6.01. The van der Waals surface area contributed by atoms with Crippen molar-refractivity contribution in [2.24, 2.45) is 10.8 Å². The molecule has 1 N–H and O–H groups in total. The maximum absolute atomic E-state index is 14.4. The Bertz CT molecular complexity index is 1910. The molecule has 0 aliphatic rings. The largest absolute Gasteiger partial charge is 0.460 e. The molecule has 0 atom stereocenters. The Morgan fingerprint density at radius 3 is 1.55 bits per heavy atom. The van der Waals surface area contributed by atoms with Crippen LogP contribution in [0.25, 0.3) is 22.3 Å². The molecular weight excluding hydrogens is 680 g/mol. The van der Waals surface area contributed by atoms with Crippen LogP contribution in [0, 0.1) is 36.3 Å². The minimum atomic E-state index is -0.609. The number of esters is 2. The molecule has 0 radical (unpaired) electrons. The number of carbonyl (C=O) groups excluding carboxylic acids is 5. The van der Waals surface area contributed by atoms with Crippen LogP contribution in [0.4, 0.5) is 8.78 Å². The number of hydrogen-bond acceptors (Lipinski definition) is 7. The molecule has 10 heteroatoms. The van der Waals surface area contributed by atoms with Gasteiger partial charge in [-0.1, -0.05) is 59.7 Å². The van der Waals surface area contributed by atoms with Crippen LogP contribution in [-0.2, 0) is 41.9 Å². The van der Waals surface area contributed by atoms with Crippen molar-refractivity contribution in [1.82, 2.24) is 5.32 Å². The highest BCUT2D eigenvalue weighted by atomic mass is 19.1. The minimum absolute atomic E-state index is 0.0502. The van der Waals surface area contributed by atoms with E-state index >= 15 is 0 Å². The Balaban J connectivity index is 0.000000350. The molecule has 8 nitrogen and oxygen atoms in total. The molecule has 0 aromatic heterocycles. The van der Waals surface area contributed by atoms with Gasteiger partial charge >= 0.3 is 18.1 Å². The Hall–Kier alpha value is -5.47. The summed E-state index contributed by atoms with van der Waals surface area (Å²) in [7, 11) is 0. The number of carbonyl (C=O) groups is 3. The smallest absolute Gasteiger partial charge is 0.373 e. The van der Waals surface area contributed by atoms with Gasteiger partial charge in [0.05, 0.1) is 10.8 Å². The molecule has 0 bridgehead atoms. The summed E-state index contributed by atoms with van der Waals surface area (Å²) in [5.74, 6) is -1.49. The summed E-state index contributed by atoms with van der Waals surface area (Å²) in [6, 6.07) is 22.3. The number of ether oxygens (including phenoxy) is 2. The van der Waals surface area contributed by atoms with Gasteiger partial charge in [0.1, 0.15) is 24.8 Å².